The van der Waals surface area contributed by atoms with Gasteiger partial charge in [-0.05, 0) is 52.9 Å². The van der Waals surface area contributed by atoms with Crippen LogP contribution in [-0.2, 0) is 30.3 Å². The van der Waals surface area contributed by atoms with Crippen molar-refractivity contribution >= 4 is 35.9 Å². The van der Waals surface area contributed by atoms with Crippen LogP contribution in [0.3, 0.4) is 0 Å². The van der Waals surface area contributed by atoms with Crippen LogP contribution in [0.2, 0.25) is 0 Å². The Balaban J connectivity index is 0.00000134. The van der Waals surface area contributed by atoms with Gasteiger partial charge in [-0.25, -0.2) is 4.79 Å². The van der Waals surface area contributed by atoms with Crippen molar-refractivity contribution in [2.75, 3.05) is 27.4 Å². The molecule has 0 fully saturated rings. The molecule has 10 nitrogen and oxygen atoms in total. The number of likely N-dealkylation sites (N-methyl/N-ethyl adjacent to an activating group) is 1. The van der Waals surface area contributed by atoms with E-state index < -0.39 is 24.3 Å². The lowest BCUT2D eigenvalue weighted by molar-refractivity contribution is -0.161. The fourth-order valence-corrected chi connectivity index (χ4v) is 2.36. The van der Waals surface area contributed by atoms with Crippen molar-refractivity contribution in [2.24, 2.45) is 5.41 Å². The highest BCUT2D eigenvalue weighted by Gasteiger charge is 2.23. The van der Waals surface area contributed by atoms with Crippen LogP contribution in [0, 0.1) is 5.41 Å². The van der Waals surface area contributed by atoms with Crippen molar-refractivity contribution in [1.29, 1.82) is 0 Å². The van der Waals surface area contributed by atoms with Gasteiger partial charge in [-0.2, -0.15) is 0 Å². The summed E-state index contributed by atoms with van der Waals surface area (Å²) < 4.78 is 11.6. The monoisotopic (exact) mass is 438 g/mol. The van der Waals surface area contributed by atoms with Gasteiger partial charge in [-0.1, -0.05) is 18.2 Å². The van der Waals surface area contributed by atoms with E-state index in [1.807, 2.05) is 38.4 Å². The van der Waals surface area contributed by atoms with Crippen molar-refractivity contribution in [3.63, 3.8) is 0 Å². The standard InChI is InChI=1S/C19H26N2O4.2CH2O2/c1-19(2,3)17(22)24-13-25-18(23)21-12-14(10-11-20(4)5)15-8-6-7-9-16(15)21;2*2-1-3/h6-9,12H,10-11,13H2,1-5H3;2*1H,(H,2,3). The minimum atomic E-state index is -0.633. The number of rotatable bonds is 5. The Morgan fingerprint density at radius 1 is 1.06 bits per heavy atom. The normalized spacial score (nSPS) is 10.3. The van der Waals surface area contributed by atoms with Crippen LogP contribution in [0.4, 0.5) is 4.79 Å². The number of carboxylic acid groups (broad SMARTS) is 2. The molecule has 1 heterocycles. The van der Waals surface area contributed by atoms with Gasteiger partial charge in [0.05, 0.1) is 10.9 Å². The van der Waals surface area contributed by atoms with E-state index in [2.05, 4.69) is 4.90 Å². The molecule has 0 aliphatic carbocycles. The first kappa shape index (κ1) is 27.6. The van der Waals surface area contributed by atoms with Crippen LogP contribution >= 0.6 is 0 Å². The van der Waals surface area contributed by atoms with Gasteiger partial charge in [0.15, 0.2) is 0 Å². The quantitative estimate of drug-likeness (QED) is 0.410. The number of para-hydroxylation sites is 1. The molecule has 0 aliphatic heterocycles. The third kappa shape index (κ3) is 9.77. The first-order chi connectivity index (χ1) is 14.5. The minimum Gasteiger partial charge on any atom is -0.483 e. The summed E-state index contributed by atoms with van der Waals surface area (Å²) in [4.78, 5) is 42.9. The highest BCUT2D eigenvalue weighted by Crippen LogP contribution is 2.22. The van der Waals surface area contributed by atoms with Crippen molar-refractivity contribution in [3.8, 4) is 0 Å². The first-order valence-corrected chi connectivity index (χ1v) is 9.27. The highest BCUT2D eigenvalue weighted by atomic mass is 16.7. The molecule has 0 atom stereocenters. The Morgan fingerprint density at radius 2 is 1.61 bits per heavy atom. The maximum absolute atomic E-state index is 12.4. The Bertz CT molecular complexity index is 847. The molecule has 0 saturated carbocycles. The second-order valence-electron chi connectivity index (χ2n) is 7.52. The van der Waals surface area contributed by atoms with Gasteiger partial charge >= 0.3 is 12.1 Å². The molecule has 1 aromatic carbocycles. The molecule has 31 heavy (non-hydrogen) atoms. The van der Waals surface area contributed by atoms with Crippen molar-refractivity contribution < 1.29 is 38.9 Å². The summed E-state index contributed by atoms with van der Waals surface area (Å²) in [7, 11) is 4.02. The lowest BCUT2D eigenvalue weighted by Crippen LogP contribution is -2.25. The van der Waals surface area contributed by atoms with Crippen LogP contribution in [0.25, 0.3) is 10.9 Å². The molecule has 0 radical (unpaired) electrons. The maximum Gasteiger partial charge on any atom is 0.421 e. The van der Waals surface area contributed by atoms with Gasteiger partial charge in [-0.15, -0.1) is 0 Å². The zero-order chi connectivity index (χ0) is 24.0. The molecule has 2 rings (SSSR count). The van der Waals surface area contributed by atoms with Crippen LogP contribution in [-0.4, -0.2) is 72.1 Å². The summed E-state index contributed by atoms with van der Waals surface area (Å²) in [6.07, 6.45) is 2.06. The third-order valence-corrected chi connectivity index (χ3v) is 3.80. The van der Waals surface area contributed by atoms with Gasteiger partial charge < -0.3 is 24.6 Å². The topological polar surface area (TPSA) is 135 Å². The molecule has 0 saturated heterocycles. The molecule has 0 unspecified atom stereocenters. The number of esters is 1. The van der Waals surface area contributed by atoms with Gasteiger partial charge in [0.1, 0.15) is 0 Å². The molecule has 172 valence electrons. The number of hydrogen-bond acceptors (Lipinski definition) is 7. The predicted molar refractivity (Wildman–Crippen MR) is 114 cm³/mol. The summed E-state index contributed by atoms with van der Waals surface area (Å²) in [5.74, 6) is -0.413. The van der Waals surface area contributed by atoms with E-state index >= 15 is 0 Å². The zero-order valence-corrected chi connectivity index (χ0v) is 18.4. The number of hydrogen-bond donors (Lipinski definition) is 2. The van der Waals surface area contributed by atoms with Gasteiger partial charge in [-0.3, -0.25) is 19.0 Å². The number of fused-ring (bicyclic) bond motifs is 1. The van der Waals surface area contributed by atoms with E-state index in [1.165, 1.54) is 4.57 Å². The molecule has 0 aliphatic rings. The van der Waals surface area contributed by atoms with E-state index in [0.29, 0.717) is 0 Å². The molecule has 0 amide bonds. The van der Waals surface area contributed by atoms with Gasteiger partial charge in [0, 0.05) is 18.1 Å². The molecule has 2 N–H and O–H groups in total. The Kier molecular flexibility index (Phi) is 12.2. The summed E-state index contributed by atoms with van der Waals surface area (Å²) in [6.45, 7) is 5.22. The zero-order valence-electron chi connectivity index (χ0n) is 18.4. The fraction of sp³-hybridized carbons (Fsp3) is 0.429. The van der Waals surface area contributed by atoms with E-state index in [9.17, 15) is 9.59 Å². The Hall–Kier alpha value is -3.40. The van der Waals surface area contributed by atoms with Crippen molar-refractivity contribution in [3.05, 3.63) is 36.0 Å². The van der Waals surface area contributed by atoms with Gasteiger partial charge in [0.25, 0.3) is 12.9 Å². The van der Waals surface area contributed by atoms with E-state index in [1.54, 1.807) is 27.0 Å². The highest BCUT2D eigenvalue weighted by molar-refractivity contribution is 5.92. The lowest BCUT2D eigenvalue weighted by atomic mass is 9.98. The fourth-order valence-electron chi connectivity index (χ4n) is 2.36. The van der Waals surface area contributed by atoms with E-state index in [0.717, 1.165) is 29.4 Å². The smallest absolute Gasteiger partial charge is 0.421 e. The van der Waals surface area contributed by atoms with Crippen molar-refractivity contribution in [1.82, 2.24) is 9.47 Å². The largest absolute Gasteiger partial charge is 0.483 e. The maximum atomic E-state index is 12.4. The molecule has 10 heteroatoms. The van der Waals surface area contributed by atoms with Crippen LogP contribution in [0.1, 0.15) is 26.3 Å². The number of carbonyl (C=O) groups is 4. The Labute approximate surface area is 181 Å². The number of aromatic nitrogens is 1. The number of nitrogens with zero attached hydrogens (tertiary/aromatic N) is 2. The second-order valence-corrected chi connectivity index (χ2v) is 7.52. The molecule has 2 aromatic rings. The lowest BCUT2D eigenvalue weighted by Gasteiger charge is -2.16. The molecule has 0 bridgehead atoms. The molecular formula is C21H30N2O8. The SMILES string of the molecule is CN(C)CCc1cn(C(=O)OCOC(=O)C(C)(C)C)c2ccccc12.O=CO.O=CO. The number of carbonyl (C=O) groups excluding carboxylic acids is 2. The molecule has 0 spiro atoms. The summed E-state index contributed by atoms with van der Waals surface area (Å²) >= 11 is 0. The van der Waals surface area contributed by atoms with Gasteiger partial charge in [0.2, 0.25) is 6.79 Å². The summed E-state index contributed by atoms with van der Waals surface area (Å²) in [5.41, 5.74) is 1.22. The van der Waals surface area contributed by atoms with Crippen LogP contribution in [0.15, 0.2) is 30.5 Å². The first-order valence-electron chi connectivity index (χ1n) is 9.27. The van der Waals surface area contributed by atoms with E-state index in [4.69, 9.17) is 29.3 Å². The predicted octanol–water partition coefficient (Wildman–Crippen LogP) is 2.68. The minimum absolute atomic E-state index is 0.250. The van der Waals surface area contributed by atoms with Crippen LogP contribution in [0.5, 0.6) is 0 Å². The number of ether oxygens (including phenoxy) is 2. The summed E-state index contributed by atoms with van der Waals surface area (Å²) in [5, 5.41) is 14.8. The second kappa shape index (κ2) is 13.8. The van der Waals surface area contributed by atoms with Crippen LogP contribution < -0.4 is 0 Å². The molecular weight excluding hydrogens is 408 g/mol. The van der Waals surface area contributed by atoms with E-state index in [-0.39, 0.29) is 12.9 Å². The average Bonchev–Trinajstić information content (AvgIpc) is 3.05. The van der Waals surface area contributed by atoms with Crippen molar-refractivity contribution in [2.45, 2.75) is 27.2 Å². The molecule has 1 aromatic heterocycles. The summed E-state index contributed by atoms with van der Waals surface area (Å²) in [6, 6.07) is 7.68. The third-order valence-electron chi connectivity index (χ3n) is 3.80. The average molecular weight is 438 g/mol. The number of benzene rings is 1. The Morgan fingerprint density at radius 3 is 2.13 bits per heavy atom.